The second-order valence-electron chi connectivity index (χ2n) is 8.82. The lowest BCUT2D eigenvalue weighted by Crippen LogP contribution is -2.51. The summed E-state index contributed by atoms with van der Waals surface area (Å²) < 4.78 is 6.99. The summed E-state index contributed by atoms with van der Waals surface area (Å²) in [5, 5.41) is 0.542. The molecule has 2 aromatic rings. The third-order valence-electron chi connectivity index (χ3n) is 5.10. The molecule has 0 spiro atoms. The van der Waals surface area contributed by atoms with Crippen molar-refractivity contribution in [1.82, 2.24) is 14.5 Å². The third kappa shape index (κ3) is 5.25. The van der Waals surface area contributed by atoms with Gasteiger partial charge in [-0.15, -0.1) is 0 Å². The molecule has 1 aromatic heterocycles. The van der Waals surface area contributed by atoms with E-state index in [1.54, 1.807) is 29.6 Å². The van der Waals surface area contributed by atoms with Crippen molar-refractivity contribution in [3.63, 3.8) is 0 Å². The van der Waals surface area contributed by atoms with Gasteiger partial charge in [-0.1, -0.05) is 18.9 Å². The van der Waals surface area contributed by atoms with Gasteiger partial charge in [0, 0.05) is 32.7 Å². The van der Waals surface area contributed by atoms with Gasteiger partial charge in [-0.25, -0.2) is 9.78 Å². The molecule has 3 rings (SSSR count). The van der Waals surface area contributed by atoms with Gasteiger partial charge in [0.1, 0.15) is 17.1 Å². The van der Waals surface area contributed by atoms with E-state index in [1.165, 1.54) is 0 Å². The summed E-state index contributed by atoms with van der Waals surface area (Å²) in [6.07, 6.45) is 4.48. The molecule has 0 saturated carbocycles. The Kier molecular flexibility index (Phi) is 6.83. The van der Waals surface area contributed by atoms with E-state index < -0.39 is 5.60 Å². The van der Waals surface area contributed by atoms with E-state index in [1.807, 2.05) is 45.1 Å². The molecular weight excluding hydrogens is 404 g/mol. The lowest BCUT2D eigenvalue weighted by molar-refractivity contribution is 0.00722. The molecule has 1 aliphatic rings. The number of amides is 1. The Morgan fingerprint density at radius 2 is 2.06 bits per heavy atom. The molecule has 0 unspecified atom stereocenters. The number of rotatable bonds is 3. The number of likely N-dealkylation sites (tertiary alicyclic amines) is 1. The Bertz CT molecular complexity index is 1200. The van der Waals surface area contributed by atoms with E-state index >= 15 is 0 Å². The molecule has 168 valence electrons. The minimum Gasteiger partial charge on any atom is -0.444 e. The van der Waals surface area contributed by atoms with Gasteiger partial charge in [0.2, 0.25) is 0 Å². The minimum absolute atomic E-state index is 0.0163. The summed E-state index contributed by atoms with van der Waals surface area (Å²) in [5.41, 5.74) is 1.41. The predicted molar refractivity (Wildman–Crippen MR) is 127 cm³/mol. The molecule has 0 aliphatic carbocycles. The van der Waals surface area contributed by atoms with Gasteiger partial charge in [0.15, 0.2) is 0 Å². The predicted octanol–water partition coefficient (Wildman–Crippen LogP) is 3.66. The molecule has 1 saturated heterocycles. The van der Waals surface area contributed by atoms with Gasteiger partial charge in [0.25, 0.3) is 5.56 Å². The van der Waals surface area contributed by atoms with Crippen LogP contribution in [0.2, 0.25) is 0 Å². The van der Waals surface area contributed by atoms with Crippen LogP contribution in [0.3, 0.4) is 0 Å². The first-order valence-corrected chi connectivity index (χ1v) is 10.8. The van der Waals surface area contributed by atoms with Crippen LogP contribution >= 0.6 is 0 Å². The maximum atomic E-state index is 12.9. The maximum absolute atomic E-state index is 12.9. The number of carbonyl (C=O) groups is 1. The normalized spacial score (nSPS) is 14.9. The fourth-order valence-electron chi connectivity index (χ4n) is 3.39. The zero-order valence-corrected chi connectivity index (χ0v) is 19.6. The largest absolute Gasteiger partial charge is 0.444 e. The lowest BCUT2D eigenvalue weighted by atomic mass is 9.99. The molecule has 7 nitrogen and oxygen atoms in total. The van der Waals surface area contributed by atoms with Crippen molar-refractivity contribution < 1.29 is 9.53 Å². The molecule has 32 heavy (non-hydrogen) atoms. The molecule has 0 N–H and O–H groups in total. The number of carbonyl (C=O) groups excluding carboxylic acids is 1. The van der Waals surface area contributed by atoms with Gasteiger partial charge in [0.05, 0.1) is 16.8 Å². The highest BCUT2D eigenvalue weighted by Crippen LogP contribution is 2.27. The van der Waals surface area contributed by atoms with Crippen molar-refractivity contribution in [2.24, 2.45) is 12.0 Å². The van der Waals surface area contributed by atoms with Crippen molar-refractivity contribution in [3.8, 4) is 11.8 Å². The number of nitrogens with zero attached hydrogens (tertiary/aromatic N) is 4. The van der Waals surface area contributed by atoms with Crippen LogP contribution in [0.15, 0.2) is 40.1 Å². The van der Waals surface area contributed by atoms with E-state index in [0.717, 1.165) is 12.0 Å². The topological polar surface area (TPSA) is 76.8 Å². The monoisotopic (exact) mass is 434 g/mol. The lowest BCUT2D eigenvalue weighted by Gasteiger charge is -2.39. The first-order chi connectivity index (χ1) is 15.1. The van der Waals surface area contributed by atoms with Crippen molar-refractivity contribution in [2.75, 3.05) is 20.1 Å². The SMILES string of the molecule is CC/C=C\C(C#Cc1ccc2c(=O)n(C)c(C3CN(C(=O)OC(C)(C)C)C3)nc2c1)=NC. The van der Waals surface area contributed by atoms with Crippen molar-refractivity contribution >= 4 is 22.7 Å². The molecule has 1 aliphatic heterocycles. The number of hydrogen-bond acceptors (Lipinski definition) is 5. The first-order valence-electron chi connectivity index (χ1n) is 10.8. The molecule has 2 heterocycles. The molecule has 1 aromatic carbocycles. The maximum Gasteiger partial charge on any atom is 0.410 e. The number of allylic oxidation sites excluding steroid dienone is 2. The van der Waals surface area contributed by atoms with Gasteiger partial charge in [-0.05, 0) is 57.4 Å². The minimum atomic E-state index is -0.539. The fraction of sp³-hybridized carbons (Fsp3) is 0.440. The van der Waals surface area contributed by atoms with Gasteiger partial charge in [-0.3, -0.25) is 14.4 Å². The zero-order valence-electron chi connectivity index (χ0n) is 19.6. The summed E-state index contributed by atoms with van der Waals surface area (Å²) in [7, 11) is 3.43. The van der Waals surface area contributed by atoms with Crippen molar-refractivity contribution in [1.29, 1.82) is 0 Å². The Balaban J connectivity index is 1.86. The summed E-state index contributed by atoms with van der Waals surface area (Å²) in [6.45, 7) is 8.52. The number of ether oxygens (including phenoxy) is 1. The Hall–Kier alpha value is -3.40. The fourth-order valence-corrected chi connectivity index (χ4v) is 3.39. The van der Waals surface area contributed by atoms with Crippen LogP contribution in [-0.2, 0) is 11.8 Å². The number of aliphatic imine (C=N–C) groups is 1. The smallest absolute Gasteiger partial charge is 0.410 e. The molecule has 1 fully saturated rings. The summed E-state index contributed by atoms with van der Waals surface area (Å²) in [5.74, 6) is 6.80. The Labute approximate surface area is 188 Å². The molecule has 0 bridgehead atoms. The van der Waals surface area contributed by atoms with E-state index in [9.17, 15) is 9.59 Å². The highest BCUT2D eigenvalue weighted by molar-refractivity contribution is 6.09. The van der Waals surface area contributed by atoms with Crippen LogP contribution in [0.25, 0.3) is 10.9 Å². The highest BCUT2D eigenvalue weighted by atomic mass is 16.6. The second kappa shape index (κ2) is 9.39. The number of benzene rings is 1. The summed E-state index contributed by atoms with van der Waals surface area (Å²) in [4.78, 5) is 35.7. The summed E-state index contributed by atoms with van der Waals surface area (Å²) in [6, 6.07) is 5.41. The molecule has 7 heteroatoms. The average Bonchev–Trinajstić information content (AvgIpc) is 2.69. The van der Waals surface area contributed by atoms with Crippen LogP contribution in [0, 0.1) is 11.8 Å². The van der Waals surface area contributed by atoms with Crippen LogP contribution in [0.1, 0.15) is 51.4 Å². The van der Waals surface area contributed by atoms with E-state index in [2.05, 4.69) is 23.8 Å². The second-order valence-corrected chi connectivity index (χ2v) is 8.82. The standard InChI is InChI=1S/C25H30N4O3/c1-7-8-9-19(26-5)12-10-17-11-13-20-21(14-17)27-22(28(6)23(20)30)18-15-29(16-18)24(31)32-25(2,3)4/h8-9,11,13-14,18H,7,15-16H2,1-6H3/b9-8-,26-19?. The molecule has 0 radical (unpaired) electrons. The zero-order chi connectivity index (χ0) is 23.5. The van der Waals surface area contributed by atoms with Crippen molar-refractivity contribution in [3.05, 3.63) is 52.1 Å². The number of fused-ring (bicyclic) bond motifs is 1. The Morgan fingerprint density at radius 1 is 1.34 bits per heavy atom. The molecule has 1 amide bonds. The van der Waals surface area contributed by atoms with Crippen LogP contribution < -0.4 is 5.56 Å². The average molecular weight is 435 g/mol. The van der Waals surface area contributed by atoms with Gasteiger partial charge >= 0.3 is 6.09 Å². The van der Waals surface area contributed by atoms with E-state index in [0.29, 0.717) is 35.5 Å². The Morgan fingerprint density at radius 3 is 2.69 bits per heavy atom. The van der Waals surface area contributed by atoms with Crippen LogP contribution in [-0.4, -0.2) is 52.0 Å². The van der Waals surface area contributed by atoms with Crippen molar-refractivity contribution in [2.45, 2.75) is 45.6 Å². The molecular formula is C25H30N4O3. The highest BCUT2D eigenvalue weighted by Gasteiger charge is 2.36. The van der Waals surface area contributed by atoms with Crippen LogP contribution in [0.5, 0.6) is 0 Å². The van der Waals surface area contributed by atoms with E-state index in [-0.39, 0.29) is 17.6 Å². The number of aromatic nitrogens is 2. The van der Waals surface area contributed by atoms with Gasteiger partial charge < -0.3 is 9.64 Å². The quantitative estimate of drug-likeness (QED) is 0.546. The van der Waals surface area contributed by atoms with E-state index in [4.69, 9.17) is 9.72 Å². The third-order valence-corrected chi connectivity index (χ3v) is 5.10. The number of hydrogen-bond donors (Lipinski definition) is 0. The van der Waals surface area contributed by atoms with Gasteiger partial charge in [-0.2, -0.15) is 0 Å². The van der Waals surface area contributed by atoms with Crippen LogP contribution in [0.4, 0.5) is 4.79 Å². The summed E-state index contributed by atoms with van der Waals surface area (Å²) >= 11 is 0. The molecule has 0 atom stereocenters. The first kappa shape index (κ1) is 23.3.